The lowest BCUT2D eigenvalue weighted by Crippen LogP contribution is -2.67. The minimum Gasteiger partial charge on any atom is -0.465 e. The summed E-state index contributed by atoms with van der Waals surface area (Å²) in [6.07, 6.45) is 8.99. The first kappa shape index (κ1) is 33.9. The quantitative estimate of drug-likeness (QED) is 0.268. The zero-order chi connectivity index (χ0) is 36.0. The van der Waals surface area contributed by atoms with E-state index in [1.165, 1.54) is 35.8 Å². The van der Waals surface area contributed by atoms with Gasteiger partial charge in [-0.2, -0.15) is 4.57 Å². The number of fused-ring (bicyclic) bond motifs is 7. The van der Waals surface area contributed by atoms with Gasteiger partial charge in [0, 0.05) is 24.7 Å². The Balaban J connectivity index is 1.39. The largest absolute Gasteiger partial charge is 0.465 e. The van der Waals surface area contributed by atoms with Crippen molar-refractivity contribution in [2.45, 2.75) is 138 Å². The molecule has 5 aliphatic carbocycles. The first-order chi connectivity index (χ1) is 23.4. The van der Waals surface area contributed by atoms with Gasteiger partial charge in [-0.1, -0.05) is 48.5 Å². The average molecular weight is 694 g/mol. The highest BCUT2D eigenvalue weighted by atomic mass is 16.7. The molecule has 0 saturated heterocycles. The number of hydrogen-bond acceptors (Lipinski definition) is 8. The molecule has 1 aromatic heterocycles. The second kappa shape index (κ2) is 10.4. The van der Waals surface area contributed by atoms with E-state index in [0.29, 0.717) is 12.3 Å². The Hall–Kier alpha value is -3.24. The van der Waals surface area contributed by atoms with Crippen LogP contribution in [0.4, 0.5) is 0 Å². The van der Waals surface area contributed by atoms with Crippen LogP contribution in [0.15, 0.2) is 27.0 Å². The number of nitrogens with zero attached hydrogens (tertiary/aromatic N) is 3. The van der Waals surface area contributed by atoms with Gasteiger partial charge < -0.3 is 18.9 Å². The van der Waals surface area contributed by atoms with Crippen LogP contribution in [0, 0.1) is 44.8 Å². The lowest BCUT2D eigenvalue weighted by atomic mass is 9.33. The van der Waals surface area contributed by atoms with E-state index in [0.717, 1.165) is 51.4 Å². The van der Waals surface area contributed by atoms with E-state index in [4.69, 9.17) is 18.9 Å². The normalized spacial score (nSPS) is 42.0. The summed E-state index contributed by atoms with van der Waals surface area (Å²) in [6.45, 7) is 19.5. The summed E-state index contributed by atoms with van der Waals surface area (Å²) in [6, 6.07) is -0.343. The Bertz CT molecular complexity index is 1860. The summed E-state index contributed by atoms with van der Waals surface area (Å²) in [4.78, 5) is 54.3. The molecule has 4 fully saturated rings. The molecule has 274 valence electrons. The molecular formula is C39H55N3O8. The number of allylic oxidation sites excluding steroid dienone is 1. The highest BCUT2D eigenvalue weighted by molar-refractivity contribution is 5.66. The first-order valence-corrected chi connectivity index (χ1v) is 18.9. The molecule has 0 unspecified atom stereocenters. The highest BCUT2D eigenvalue weighted by Gasteiger charge is 2.73. The van der Waals surface area contributed by atoms with Crippen LogP contribution < -0.4 is 11.4 Å². The second-order valence-electron chi connectivity index (χ2n) is 18.5. The van der Waals surface area contributed by atoms with Crippen molar-refractivity contribution in [2.75, 3.05) is 13.4 Å². The van der Waals surface area contributed by atoms with E-state index in [-0.39, 0.29) is 76.9 Å². The van der Waals surface area contributed by atoms with Crippen molar-refractivity contribution < 1.29 is 28.5 Å². The van der Waals surface area contributed by atoms with Gasteiger partial charge in [0.25, 0.3) is 0 Å². The maximum Gasteiger partial charge on any atom is 0.355 e. The van der Waals surface area contributed by atoms with Crippen molar-refractivity contribution in [3.05, 3.63) is 38.4 Å². The SMILES string of the molecule is CC(=O)OC[C@]12CC[C@]3(C(C)C)C1=C1[C@H](C[C@@H]4[C@@]5(C)CC[C@H](OC(C)=O)C(C)(C)[C@@H]5CC[C@@]4(C)[C@]1(C)CC2)n1c(=O)n(C2=COCO2)c(=O)n13. The number of rotatable bonds is 5. The van der Waals surface area contributed by atoms with Gasteiger partial charge >= 0.3 is 23.3 Å². The van der Waals surface area contributed by atoms with Gasteiger partial charge in [0.1, 0.15) is 19.0 Å². The van der Waals surface area contributed by atoms with Crippen molar-refractivity contribution in [1.82, 2.24) is 13.9 Å². The predicted molar refractivity (Wildman–Crippen MR) is 184 cm³/mol. The number of hydrogen-bond donors (Lipinski definition) is 0. The van der Waals surface area contributed by atoms with Gasteiger partial charge in [-0.15, -0.1) is 0 Å². The first-order valence-electron chi connectivity index (χ1n) is 18.9. The van der Waals surface area contributed by atoms with E-state index < -0.39 is 22.3 Å². The fraction of sp³-hybridized carbons (Fsp3) is 0.795. The zero-order valence-corrected chi connectivity index (χ0v) is 31.3. The van der Waals surface area contributed by atoms with Crippen LogP contribution in [0.3, 0.4) is 0 Å². The van der Waals surface area contributed by atoms with Crippen molar-refractivity contribution in [3.8, 4) is 0 Å². The van der Waals surface area contributed by atoms with Crippen molar-refractivity contribution in [2.24, 2.45) is 44.8 Å². The van der Waals surface area contributed by atoms with Crippen LogP contribution in [0.5, 0.6) is 0 Å². The molecule has 11 nitrogen and oxygen atoms in total. The molecule has 0 spiro atoms. The summed E-state index contributed by atoms with van der Waals surface area (Å²) in [5, 5.41) is 0. The Morgan fingerprint density at radius 1 is 0.920 bits per heavy atom. The standard InChI is InChI=1S/C39H55N3O8/c1-22(2)39-17-16-38(20-48-23(3)43)15-14-37(9)30(31(38)39)25(41-32(45)40(33(46)42(39)41)29-19-47-21-49-29)18-27-35(7)12-11-28(50-24(4)44)34(5,6)26(35)10-13-36(27,37)8/h19,22,25-28H,10-18,20-21H2,1-9H3/t25-,26-,27+,28-,35-,36+,37+,38-,39-/m0/s1. The highest BCUT2D eigenvalue weighted by Crippen LogP contribution is 2.79. The van der Waals surface area contributed by atoms with Crippen LogP contribution >= 0.6 is 0 Å². The van der Waals surface area contributed by atoms with Gasteiger partial charge in [-0.3, -0.25) is 9.59 Å². The molecule has 11 heteroatoms. The van der Waals surface area contributed by atoms with Crippen LogP contribution in [0.1, 0.15) is 126 Å². The Kier molecular flexibility index (Phi) is 7.07. The number of aromatic nitrogens is 3. The lowest BCUT2D eigenvalue weighted by Gasteiger charge is -2.72. The third kappa shape index (κ3) is 3.87. The summed E-state index contributed by atoms with van der Waals surface area (Å²) in [5.41, 5.74) is -0.0557. The Morgan fingerprint density at radius 3 is 2.28 bits per heavy atom. The van der Waals surface area contributed by atoms with Gasteiger partial charge in [-0.05, 0) is 103 Å². The molecule has 0 N–H and O–H groups in total. The molecule has 4 saturated carbocycles. The predicted octanol–water partition coefficient (Wildman–Crippen LogP) is 6.11. The van der Waals surface area contributed by atoms with E-state index in [1.807, 2.05) is 4.68 Å². The lowest BCUT2D eigenvalue weighted by molar-refractivity contribution is -0.218. The van der Waals surface area contributed by atoms with Gasteiger partial charge in [-0.25, -0.2) is 19.0 Å². The summed E-state index contributed by atoms with van der Waals surface area (Å²) in [5.74, 6) is 0.134. The number of carbonyl (C=O) groups excluding carboxylic acids is 2. The van der Waals surface area contributed by atoms with Crippen molar-refractivity contribution in [1.29, 1.82) is 0 Å². The number of esters is 2. The van der Waals surface area contributed by atoms with Crippen molar-refractivity contribution in [3.63, 3.8) is 0 Å². The molecule has 0 bridgehead atoms. The molecular weight excluding hydrogens is 638 g/mol. The van der Waals surface area contributed by atoms with E-state index in [1.54, 1.807) is 4.68 Å². The minimum atomic E-state index is -0.760. The maximum absolute atomic E-state index is 14.9. The molecule has 3 heterocycles. The maximum atomic E-state index is 14.9. The Labute approximate surface area is 294 Å². The summed E-state index contributed by atoms with van der Waals surface area (Å²) < 4.78 is 27.8. The summed E-state index contributed by atoms with van der Waals surface area (Å²) >= 11 is 0. The minimum absolute atomic E-state index is 0.0161. The van der Waals surface area contributed by atoms with E-state index in [9.17, 15) is 19.2 Å². The topological polar surface area (TPSA) is 120 Å². The van der Waals surface area contributed by atoms with Gasteiger partial charge in [0.05, 0.1) is 11.6 Å². The Morgan fingerprint density at radius 2 is 1.64 bits per heavy atom. The number of ether oxygens (including phenoxy) is 4. The monoisotopic (exact) mass is 693 g/mol. The van der Waals surface area contributed by atoms with E-state index in [2.05, 4.69) is 48.5 Å². The molecule has 0 amide bonds. The van der Waals surface area contributed by atoms with Gasteiger partial charge in [0.15, 0.2) is 0 Å². The van der Waals surface area contributed by atoms with Crippen LogP contribution in [0.2, 0.25) is 0 Å². The van der Waals surface area contributed by atoms with Crippen molar-refractivity contribution >= 4 is 17.8 Å². The van der Waals surface area contributed by atoms with E-state index >= 15 is 0 Å². The van der Waals surface area contributed by atoms with Crippen LogP contribution in [-0.2, 0) is 34.1 Å². The molecule has 2 aliphatic heterocycles. The smallest absolute Gasteiger partial charge is 0.355 e. The molecule has 50 heavy (non-hydrogen) atoms. The average Bonchev–Trinajstić information content (AvgIpc) is 3.74. The van der Waals surface area contributed by atoms with Crippen LogP contribution in [-0.4, -0.2) is 45.4 Å². The number of carbonyl (C=O) groups is 2. The van der Waals surface area contributed by atoms with Crippen LogP contribution in [0.25, 0.3) is 5.88 Å². The van der Waals surface area contributed by atoms with Gasteiger partial charge in [0.2, 0.25) is 12.7 Å². The fourth-order valence-electron chi connectivity index (χ4n) is 13.7. The third-order valence-electron chi connectivity index (χ3n) is 16.1. The molecule has 7 aliphatic rings. The molecule has 0 aromatic carbocycles. The molecule has 1 aromatic rings. The fourth-order valence-corrected chi connectivity index (χ4v) is 13.7. The summed E-state index contributed by atoms with van der Waals surface area (Å²) in [7, 11) is 0. The molecule has 9 atom stereocenters. The second-order valence-corrected chi connectivity index (χ2v) is 18.5. The molecule has 8 rings (SSSR count). The molecule has 0 radical (unpaired) electrons. The third-order valence-corrected chi connectivity index (χ3v) is 16.1. The zero-order valence-electron chi connectivity index (χ0n) is 31.3.